The highest BCUT2D eigenvalue weighted by Gasteiger charge is 2.21. The number of benzene rings is 1. The topological polar surface area (TPSA) is 78.4 Å². The van der Waals surface area contributed by atoms with E-state index in [4.69, 9.17) is 5.11 Å². The average Bonchev–Trinajstić information content (AvgIpc) is 2.23. The summed E-state index contributed by atoms with van der Waals surface area (Å²) in [6, 6.07) is 5.07. The molecule has 3 N–H and O–H groups in total. The third kappa shape index (κ3) is 2.68. The zero-order valence-corrected chi connectivity index (χ0v) is 10.2. The van der Waals surface area contributed by atoms with Crippen molar-refractivity contribution in [2.24, 2.45) is 5.92 Å². The molecule has 96 valence electrons. The summed E-state index contributed by atoms with van der Waals surface area (Å²) in [6.45, 7) is 3.43. The monoisotopic (exact) mass is 248 g/mol. The average molecular weight is 248 g/mol. The van der Waals surface area contributed by atoms with Crippen molar-refractivity contribution in [3.63, 3.8) is 0 Å². The second-order valence-electron chi connectivity index (χ2n) is 4.58. The first-order valence-electron chi connectivity index (χ1n) is 5.91. The van der Waals surface area contributed by atoms with E-state index < -0.39 is 5.97 Å². The highest BCUT2D eigenvalue weighted by Crippen LogP contribution is 2.20. The van der Waals surface area contributed by atoms with Crippen molar-refractivity contribution >= 4 is 17.6 Å². The Morgan fingerprint density at radius 3 is 2.72 bits per heavy atom. The van der Waals surface area contributed by atoms with Gasteiger partial charge in [0.15, 0.2) is 0 Å². The van der Waals surface area contributed by atoms with E-state index in [1.54, 1.807) is 25.1 Å². The van der Waals surface area contributed by atoms with Gasteiger partial charge in [-0.2, -0.15) is 0 Å². The van der Waals surface area contributed by atoms with Crippen LogP contribution < -0.4 is 10.6 Å². The lowest BCUT2D eigenvalue weighted by Gasteiger charge is -2.26. The molecule has 1 aromatic rings. The van der Waals surface area contributed by atoms with Gasteiger partial charge in [0.2, 0.25) is 5.91 Å². The molecule has 1 aliphatic rings. The van der Waals surface area contributed by atoms with Crippen LogP contribution in [-0.4, -0.2) is 30.1 Å². The van der Waals surface area contributed by atoms with Crippen molar-refractivity contribution in [1.82, 2.24) is 5.32 Å². The summed E-state index contributed by atoms with van der Waals surface area (Å²) in [5.74, 6) is -0.786. The Hall–Kier alpha value is -1.88. The number of carbonyl (C=O) groups is 2. The van der Waals surface area contributed by atoms with E-state index in [1.807, 2.05) is 0 Å². The van der Waals surface area contributed by atoms with Crippen molar-refractivity contribution in [3.8, 4) is 0 Å². The van der Waals surface area contributed by atoms with Crippen LogP contribution in [0.5, 0.6) is 0 Å². The second kappa shape index (κ2) is 5.18. The first kappa shape index (κ1) is 12.6. The highest BCUT2D eigenvalue weighted by atomic mass is 16.4. The number of aryl methyl sites for hydroxylation is 1. The molecule has 1 aromatic carbocycles. The third-order valence-electron chi connectivity index (χ3n) is 3.10. The van der Waals surface area contributed by atoms with E-state index in [1.165, 1.54) is 0 Å². The number of carbonyl (C=O) groups excluding carboxylic acids is 1. The van der Waals surface area contributed by atoms with E-state index >= 15 is 0 Å². The van der Waals surface area contributed by atoms with Crippen LogP contribution in [0.2, 0.25) is 0 Å². The molecule has 0 saturated carbocycles. The van der Waals surface area contributed by atoms with Crippen molar-refractivity contribution < 1.29 is 14.7 Å². The van der Waals surface area contributed by atoms with Crippen molar-refractivity contribution in [3.05, 3.63) is 29.3 Å². The van der Waals surface area contributed by atoms with Gasteiger partial charge < -0.3 is 15.7 Å². The first-order chi connectivity index (χ1) is 8.58. The molecule has 0 aliphatic carbocycles. The Morgan fingerprint density at radius 2 is 2.17 bits per heavy atom. The van der Waals surface area contributed by atoms with E-state index in [2.05, 4.69) is 10.6 Å². The largest absolute Gasteiger partial charge is 0.478 e. The Kier molecular flexibility index (Phi) is 3.62. The van der Waals surface area contributed by atoms with Crippen LogP contribution in [0.4, 0.5) is 5.69 Å². The molecule has 1 fully saturated rings. The minimum Gasteiger partial charge on any atom is -0.478 e. The van der Waals surface area contributed by atoms with Gasteiger partial charge in [0.25, 0.3) is 0 Å². The maximum Gasteiger partial charge on any atom is 0.338 e. The Balaban J connectivity index is 2.10. The number of rotatable bonds is 4. The molecule has 5 heteroatoms. The molecule has 18 heavy (non-hydrogen) atoms. The predicted molar refractivity (Wildman–Crippen MR) is 67.7 cm³/mol. The second-order valence-corrected chi connectivity index (χ2v) is 4.58. The highest BCUT2D eigenvalue weighted by molar-refractivity contribution is 6.01. The molecule has 1 heterocycles. The van der Waals surface area contributed by atoms with Crippen LogP contribution in [0.1, 0.15) is 22.3 Å². The maximum absolute atomic E-state index is 11.8. The van der Waals surface area contributed by atoms with Gasteiger partial charge in [0.05, 0.1) is 11.3 Å². The number of anilines is 1. The van der Waals surface area contributed by atoms with E-state index in [0.29, 0.717) is 23.6 Å². The SMILES string of the molecule is Cc1cccc(NC(=O)CC2CNC2)c1C(=O)O. The Morgan fingerprint density at radius 1 is 1.44 bits per heavy atom. The summed E-state index contributed by atoms with van der Waals surface area (Å²) in [4.78, 5) is 22.9. The van der Waals surface area contributed by atoms with E-state index in [9.17, 15) is 9.59 Å². The third-order valence-corrected chi connectivity index (χ3v) is 3.10. The molecule has 2 rings (SSSR count). The molecule has 0 atom stereocenters. The molecular formula is C13H16N2O3. The smallest absolute Gasteiger partial charge is 0.338 e. The molecule has 1 amide bonds. The van der Waals surface area contributed by atoms with Crippen LogP contribution in [0.25, 0.3) is 0 Å². The van der Waals surface area contributed by atoms with Crippen LogP contribution in [0, 0.1) is 12.8 Å². The lowest BCUT2D eigenvalue weighted by Crippen LogP contribution is -2.43. The fourth-order valence-electron chi connectivity index (χ4n) is 2.01. The van der Waals surface area contributed by atoms with Gasteiger partial charge in [-0.25, -0.2) is 4.79 Å². The number of hydrogen-bond donors (Lipinski definition) is 3. The maximum atomic E-state index is 11.8. The Labute approximate surface area is 105 Å². The number of carboxylic acid groups (broad SMARTS) is 1. The van der Waals surface area contributed by atoms with Gasteiger partial charge in [-0.1, -0.05) is 12.1 Å². The molecule has 0 aromatic heterocycles. The molecule has 1 saturated heterocycles. The number of amides is 1. The van der Waals surface area contributed by atoms with Crippen molar-refractivity contribution in [1.29, 1.82) is 0 Å². The predicted octanol–water partition coefficient (Wildman–Crippen LogP) is 1.24. The minimum absolute atomic E-state index is 0.130. The summed E-state index contributed by atoms with van der Waals surface area (Å²) < 4.78 is 0. The summed E-state index contributed by atoms with van der Waals surface area (Å²) in [7, 11) is 0. The molecule has 5 nitrogen and oxygen atoms in total. The minimum atomic E-state index is -1.02. The van der Waals surface area contributed by atoms with Gasteiger partial charge in [0, 0.05) is 6.42 Å². The van der Waals surface area contributed by atoms with Crippen LogP contribution in [0.3, 0.4) is 0 Å². The van der Waals surface area contributed by atoms with Gasteiger partial charge >= 0.3 is 5.97 Å². The summed E-state index contributed by atoms with van der Waals surface area (Å²) in [5.41, 5.74) is 1.18. The molecule has 0 unspecified atom stereocenters. The lowest BCUT2D eigenvalue weighted by molar-refractivity contribution is -0.117. The van der Waals surface area contributed by atoms with Crippen LogP contribution in [-0.2, 0) is 4.79 Å². The number of carboxylic acids is 1. The molecule has 0 bridgehead atoms. The van der Waals surface area contributed by atoms with E-state index in [0.717, 1.165) is 13.1 Å². The number of aromatic carboxylic acids is 1. The molecule has 1 aliphatic heterocycles. The summed E-state index contributed by atoms with van der Waals surface area (Å²) >= 11 is 0. The number of hydrogen-bond acceptors (Lipinski definition) is 3. The van der Waals surface area contributed by atoms with Gasteiger partial charge in [-0.05, 0) is 37.6 Å². The lowest BCUT2D eigenvalue weighted by atomic mass is 9.99. The fourth-order valence-corrected chi connectivity index (χ4v) is 2.01. The summed E-state index contributed by atoms with van der Waals surface area (Å²) in [5, 5.41) is 14.9. The first-order valence-corrected chi connectivity index (χ1v) is 5.91. The zero-order valence-electron chi connectivity index (χ0n) is 10.2. The normalized spacial score (nSPS) is 14.9. The van der Waals surface area contributed by atoms with E-state index in [-0.39, 0.29) is 11.5 Å². The number of nitrogens with one attached hydrogen (secondary N) is 2. The molecule has 0 spiro atoms. The van der Waals surface area contributed by atoms with Crippen molar-refractivity contribution in [2.75, 3.05) is 18.4 Å². The Bertz CT molecular complexity index is 481. The summed E-state index contributed by atoms with van der Waals surface area (Å²) in [6.07, 6.45) is 0.431. The van der Waals surface area contributed by atoms with Crippen LogP contribution in [0.15, 0.2) is 18.2 Å². The fraction of sp³-hybridized carbons (Fsp3) is 0.385. The van der Waals surface area contributed by atoms with Gasteiger partial charge in [-0.15, -0.1) is 0 Å². The zero-order chi connectivity index (χ0) is 13.1. The van der Waals surface area contributed by atoms with Crippen molar-refractivity contribution in [2.45, 2.75) is 13.3 Å². The van der Waals surface area contributed by atoms with Crippen LogP contribution >= 0.6 is 0 Å². The molecular weight excluding hydrogens is 232 g/mol. The quantitative estimate of drug-likeness (QED) is 0.749. The van der Waals surface area contributed by atoms with Gasteiger partial charge in [-0.3, -0.25) is 4.79 Å². The van der Waals surface area contributed by atoms with Gasteiger partial charge in [0.1, 0.15) is 0 Å². The molecule has 0 radical (unpaired) electrons. The standard InChI is InChI=1S/C13H16N2O3/c1-8-3-2-4-10(12(8)13(17)18)15-11(16)5-9-6-14-7-9/h2-4,9,14H,5-7H2,1H3,(H,15,16)(H,17,18).